The van der Waals surface area contributed by atoms with Crippen LogP contribution in [0.1, 0.15) is 15.9 Å². The van der Waals surface area contributed by atoms with Crippen molar-refractivity contribution < 1.29 is 18.7 Å². The van der Waals surface area contributed by atoms with Crippen molar-refractivity contribution in [3.8, 4) is 11.3 Å². The zero-order valence-corrected chi connectivity index (χ0v) is 19.8. The quantitative estimate of drug-likeness (QED) is 0.281. The van der Waals surface area contributed by atoms with Gasteiger partial charge in [0.15, 0.2) is 0 Å². The maximum atomic E-state index is 13.5. The Morgan fingerprint density at radius 1 is 1.23 bits per heavy atom. The molecule has 0 aliphatic rings. The van der Waals surface area contributed by atoms with E-state index in [1.54, 1.807) is 29.1 Å². The van der Waals surface area contributed by atoms with Crippen molar-refractivity contribution in [2.24, 2.45) is 12.8 Å². The molecule has 0 unspecified atom stereocenters. The Kier molecular flexibility index (Phi) is 9.27. The largest absolute Gasteiger partial charge is 0.468 e. The molecule has 1 atom stereocenters. The molecule has 1 aromatic carbocycles. The minimum atomic E-state index is -0.407. The first-order valence-electron chi connectivity index (χ1n) is 11.2. The molecule has 186 valence electrons. The topological polar surface area (TPSA) is 136 Å². The fourth-order valence-corrected chi connectivity index (χ4v) is 3.33. The Morgan fingerprint density at radius 2 is 2.06 bits per heavy atom. The van der Waals surface area contributed by atoms with Crippen LogP contribution < -0.4 is 21.7 Å². The Labute approximate surface area is 203 Å². The van der Waals surface area contributed by atoms with Crippen LogP contribution in [0, 0.1) is 5.82 Å². The maximum Gasteiger partial charge on any atom is 0.319 e. The number of nitrogens with two attached hydrogens (primary N) is 1. The lowest BCUT2D eigenvalue weighted by Gasteiger charge is -2.16. The van der Waals surface area contributed by atoms with E-state index in [-0.39, 0.29) is 24.8 Å². The summed E-state index contributed by atoms with van der Waals surface area (Å²) in [7, 11) is 3.12. The SMILES string of the molecule is COC(=O)CNC[C@H](N)CNC(=O)c1ccc(-c2cnn(C)c2)nc1NCCc1cccc(F)c1. The number of aryl methyl sites for hydroxylation is 1. The molecule has 35 heavy (non-hydrogen) atoms. The third kappa shape index (κ3) is 7.87. The zero-order chi connectivity index (χ0) is 25.2. The highest BCUT2D eigenvalue weighted by Crippen LogP contribution is 2.22. The molecule has 5 N–H and O–H groups in total. The molecule has 1 amide bonds. The van der Waals surface area contributed by atoms with Crippen LogP contribution in [-0.2, 0) is 23.0 Å². The second kappa shape index (κ2) is 12.6. The lowest BCUT2D eigenvalue weighted by atomic mass is 10.1. The lowest BCUT2D eigenvalue weighted by molar-refractivity contribution is -0.139. The van der Waals surface area contributed by atoms with E-state index in [4.69, 9.17) is 5.73 Å². The van der Waals surface area contributed by atoms with E-state index >= 15 is 0 Å². The summed E-state index contributed by atoms with van der Waals surface area (Å²) in [5.74, 6) is -0.629. The number of rotatable bonds is 12. The number of ether oxygens (including phenoxy) is 1. The number of esters is 1. The van der Waals surface area contributed by atoms with Gasteiger partial charge < -0.3 is 26.4 Å². The van der Waals surface area contributed by atoms with Crippen LogP contribution in [0.5, 0.6) is 0 Å². The molecule has 0 radical (unpaired) electrons. The van der Waals surface area contributed by atoms with Gasteiger partial charge in [-0.15, -0.1) is 0 Å². The van der Waals surface area contributed by atoms with Crippen molar-refractivity contribution in [3.05, 3.63) is 65.7 Å². The highest BCUT2D eigenvalue weighted by Gasteiger charge is 2.16. The molecular weight excluding hydrogens is 453 g/mol. The molecule has 0 bridgehead atoms. The normalized spacial score (nSPS) is 11.7. The van der Waals surface area contributed by atoms with Crippen LogP contribution in [-0.4, -0.2) is 66.0 Å². The van der Waals surface area contributed by atoms with Gasteiger partial charge in [0.25, 0.3) is 5.91 Å². The van der Waals surface area contributed by atoms with Crippen molar-refractivity contribution in [2.75, 3.05) is 38.6 Å². The molecule has 0 aliphatic carbocycles. The molecule has 0 spiro atoms. The predicted octanol–water partition coefficient (Wildman–Crippen LogP) is 1.10. The molecule has 0 saturated heterocycles. The van der Waals surface area contributed by atoms with E-state index in [1.165, 1.54) is 19.2 Å². The summed E-state index contributed by atoms with van der Waals surface area (Å²) in [6.45, 7) is 1.01. The van der Waals surface area contributed by atoms with Gasteiger partial charge in [-0.3, -0.25) is 14.3 Å². The van der Waals surface area contributed by atoms with Crippen LogP contribution in [0.3, 0.4) is 0 Å². The van der Waals surface area contributed by atoms with Gasteiger partial charge in [0.05, 0.1) is 31.1 Å². The van der Waals surface area contributed by atoms with Crippen LogP contribution in [0.15, 0.2) is 48.8 Å². The van der Waals surface area contributed by atoms with Crippen molar-refractivity contribution in [3.63, 3.8) is 0 Å². The van der Waals surface area contributed by atoms with Gasteiger partial charge in [-0.05, 0) is 36.2 Å². The molecule has 0 fully saturated rings. The summed E-state index contributed by atoms with van der Waals surface area (Å²) in [4.78, 5) is 28.7. The number of aromatic nitrogens is 3. The summed E-state index contributed by atoms with van der Waals surface area (Å²) in [6.07, 6.45) is 4.08. The van der Waals surface area contributed by atoms with Crippen molar-refractivity contribution in [2.45, 2.75) is 12.5 Å². The average Bonchev–Trinajstić information content (AvgIpc) is 3.28. The van der Waals surface area contributed by atoms with Gasteiger partial charge in [0, 0.05) is 44.5 Å². The van der Waals surface area contributed by atoms with Gasteiger partial charge in [-0.1, -0.05) is 12.1 Å². The van der Waals surface area contributed by atoms with E-state index < -0.39 is 12.0 Å². The van der Waals surface area contributed by atoms with Crippen LogP contribution in [0.2, 0.25) is 0 Å². The van der Waals surface area contributed by atoms with Crippen molar-refractivity contribution in [1.29, 1.82) is 0 Å². The predicted molar refractivity (Wildman–Crippen MR) is 130 cm³/mol. The summed E-state index contributed by atoms with van der Waals surface area (Å²) in [5, 5.41) is 13.1. The smallest absolute Gasteiger partial charge is 0.319 e. The summed E-state index contributed by atoms with van der Waals surface area (Å²) in [5.41, 5.74) is 8.68. The van der Waals surface area contributed by atoms with Crippen molar-refractivity contribution >= 4 is 17.7 Å². The number of pyridine rings is 1. The average molecular weight is 484 g/mol. The Morgan fingerprint density at radius 3 is 2.77 bits per heavy atom. The minimum absolute atomic E-state index is 0.0389. The van der Waals surface area contributed by atoms with Crippen LogP contribution in [0.4, 0.5) is 10.2 Å². The monoisotopic (exact) mass is 483 g/mol. The highest BCUT2D eigenvalue weighted by atomic mass is 19.1. The molecule has 11 heteroatoms. The molecule has 0 saturated carbocycles. The number of anilines is 1. The zero-order valence-electron chi connectivity index (χ0n) is 19.8. The number of nitrogens with zero attached hydrogens (tertiary/aromatic N) is 3. The van der Waals surface area contributed by atoms with E-state index in [0.717, 1.165) is 11.1 Å². The number of nitrogens with one attached hydrogen (secondary N) is 3. The first kappa shape index (κ1) is 25.8. The van der Waals surface area contributed by atoms with Gasteiger partial charge in [-0.2, -0.15) is 5.10 Å². The number of hydrogen-bond acceptors (Lipinski definition) is 8. The molecule has 10 nitrogen and oxygen atoms in total. The lowest BCUT2D eigenvalue weighted by Crippen LogP contribution is -2.44. The Hall–Kier alpha value is -3.83. The van der Waals surface area contributed by atoms with Crippen LogP contribution in [0.25, 0.3) is 11.3 Å². The van der Waals surface area contributed by atoms with Crippen LogP contribution >= 0.6 is 0 Å². The Bertz CT molecular complexity index is 1150. The van der Waals surface area contributed by atoms with E-state index in [9.17, 15) is 14.0 Å². The summed E-state index contributed by atoms with van der Waals surface area (Å²) < 4.78 is 19.7. The number of hydrogen-bond donors (Lipinski definition) is 4. The summed E-state index contributed by atoms with van der Waals surface area (Å²) in [6, 6.07) is 9.41. The summed E-state index contributed by atoms with van der Waals surface area (Å²) >= 11 is 0. The highest BCUT2D eigenvalue weighted by molar-refractivity contribution is 5.99. The third-order valence-electron chi connectivity index (χ3n) is 5.16. The van der Waals surface area contributed by atoms with E-state index in [1.807, 2.05) is 19.3 Å². The maximum absolute atomic E-state index is 13.5. The van der Waals surface area contributed by atoms with Gasteiger partial charge in [0.2, 0.25) is 0 Å². The molecular formula is C24H30FN7O3. The second-order valence-corrected chi connectivity index (χ2v) is 7.98. The molecule has 0 aliphatic heterocycles. The number of benzene rings is 1. The fraction of sp³-hybridized carbons (Fsp3) is 0.333. The first-order chi connectivity index (χ1) is 16.9. The fourth-order valence-electron chi connectivity index (χ4n) is 3.33. The molecule has 3 aromatic rings. The second-order valence-electron chi connectivity index (χ2n) is 7.98. The van der Waals surface area contributed by atoms with Crippen molar-refractivity contribution in [1.82, 2.24) is 25.4 Å². The first-order valence-corrected chi connectivity index (χ1v) is 11.2. The standard InChI is InChI=1S/C24H30FN7O3/c1-32-15-17(11-30-32)21-7-6-20(24(34)29-13-19(26)12-27-14-22(33)35-2)23(31-21)28-9-8-16-4-3-5-18(25)10-16/h3-7,10-11,15,19,27H,8-9,12-14,26H2,1-2H3,(H,28,31)(H,29,34)/t19-/m0/s1. The minimum Gasteiger partial charge on any atom is -0.468 e. The van der Waals surface area contributed by atoms with E-state index in [2.05, 4.69) is 30.8 Å². The number of carbonyl (C=O) groups is 2. The number of methoxy groups -OCH3 is 1. The molecule has 2 aromatic heterocycles. The van der Waals surface area contributed by atoms with Gasteiger partial charge in [-0.25, -0.2) is 9.37 Å². The number of halogens is 1. The third-order valence-corrected chi connectivity index (χ3v) is 5.16. The molecule has 3 rings (SSSR count). The van der Waals surface area contributed by atoms with Gasteiger partial charge in [0.1, 0.15) is 11.6 Å². The number of carbonyl (C=O) groups excluding carboxylic acids is 2. The van der Waals surface area contributed by atoms with E-state index in [0.29, 0.717) is 36.6 Å². The Balaban J connectivity index is 1.67. The van der Waals surface area contributed by atoms with Gasteiger partial charge >= 0.3 is 5.97 Å². The number of amides is 1. The molecule has 2 heterocycles.